The monoisotopic (exact) mass is 222 g/mol. The second-order valence-electron chi connectivity index (χ2n) is 4.01. The standard InChI is InChI=1S/C11H18N4O/c12-15-11-7-10(1-4-13-11)14-8-9-2-5-16-6-3-9/h1,4,7,9H,2-3,5-6,8,12H2,(H2,13,14,15). The molecule has 0 unspecified atom stereocenters. The van der Waals surface area contributed by atoms with E-state index in [2.05, 4.69) is 15.7 Å². The number of nitrogens with zero attached hydrogens (tertiary/aromatic N) is 1. The highest BCUT2D eigenvalue weighted by molar-refractivity contribution is 5.51. The predicted molar refractivity (Wildman–Crippen MR) is 64.1 cm³/mol. The van der Waals surface area contributed by atoms with Crippen molar-refractivity contribution in [3.05, 3.63) is 18.3 Å². The van der Waals surface area contributed by atoms with E-state index in [4.69, 9.17) is 10.6 Å². The normalized spacial score (nSPS) is 17.1. The van der Waals surface area contributed by atoms with Crippen LogP contribution < -0.4 is 16.6 Å². The maximum absolute atomic E-state index is 5.32. The molecule has 1 saturated heterocycles. The van der Waals surface area contributed by atoms with Crippen LogP contribution in [0.3, 0.4) is 0 Å². The maximum atomic E-state index is 5.32. The zero-order valence-corrected chi connectivity index (χ0v) is 9.28. The fraction of sp³-hybridized carbons (Fsp3) is 0.545. The van der Waals surface area contributed by atoms with Crippen LogP contribution >= 0.6 is 0 Å². The van der Waals surface area contributed by atoms with Crippen LogP contribution in [0.25, 0.3) is 0 Å². The number of hydrogen-bond donors (Lipinski definition) is 3. The van der Waals surface area contributed by atoms with Crippen LogP contribution in [-0.4, -0.2) is 24.7 Å². The molecule has 1 aromatic rings. The number of anilines is 2. The number of aromatic nitrogens is 1. The van der Waals surface area contributed by atoms with Crippen molar-refractivity contribution in [2.45, 2.75) is 12.8 Å². The molecule has 2 heterocycles. The summed E-state index contributed by atoms with van der Waals surface area (Å²) < 4.78 is 5.32. The molecule has 88 valence electrons. The number of nitrogens with two attached hydrogens (primary N) is 1. The fourth-order valence-electron chi connectivity index (χ4n) is 1.83. The summed E-state index contributed by atoms with van der Waals surface area (Å²) in [6.45, 7) is 2.76. The SMILES string of the molecule is NNc1cc(NCC2CCOCC2)ccn1. The zero-order chi connectivity index (χ0) is 11.2. The highest BCUT2D eigenvalue weighted by atomic mass is 16.5. The van der Waals surface area contributed by atoms with E-state index in [9.17, 15) is 0 Å². The molecule has 1 aliphatic heterocycles. The Balaban J connectivity index is 1.83. The van der Waals surface area contributed by atoms with E-state index in [1.165, 1.54) is 0 Å². The number of ether oxygens (including phenoxy) is 1. The van der Waals surface area contributed by atoms with Crippen LogP contribution in [0.5, 0.6) is 0 Å². The molecule has 1 aromatic heterocycles. The predicted octanol–water partition coefficient (Wildman–Crippen LogP) is 1.21. The Bertz CT molecular complexity index is 326. The van der Waals surface area contributed by atoms with Crippen molar-refractivity contribution in [1.29, 1.82) is 0 Å². The molecule has 0 bridgehead atoms. The maximum Gasteiger partial charge on any atom is 0.141 e. The molecule has 0 amide bonds. The van der Waals surface area contributed by atoms with Crippen LogP contribution in [0, 0.1) is 5.92 Å². The Hall–Kier alpha value is -1.33. The first-order valence-corrected chi connectivity index (χ1v) is 5.63. The van der Waals surface area contributed by atoms with Crippen molar-refractivity contribution in [2.24, 2.45) is 11.8 Å². The molecule has 0 aliphatic carbocycles. The fourth-order valence-corrected chi connectivity index (χ4v) is 1.83. The molecular weight excluding hydrogens is 204 g/mol. The number of rotatable bonds is 4. The third-order valence-corrected chi connectivity index (χ3v) is 2.84. The van der Waals surface area contributed by atoms with Crippen LogP contribution in [-0.2, 0) is 4.74 Å². The van der Waals surface area contributed by atoms with Gasteiger partial charge in [-0.25, -0.2) is 10.8 Å². The minimum absolute atomic E-state index is 0.678. The second-order valence-corrected chi connectivity index (χ2v) is 4.01. The van der Waals surface area contributed by atoms with Crippen molar-refractivity contribution in [2.75, 3.05) is 30.5 Å². The Morgan fingerprint density at radius 3 is 3.00 bits per heavy atom. The van der Waals surface area contributed by atoms with Gasteiger partial charge in [-0.1, -0.05) is 0 Å². The van der Waals surface area contributed by atoms with Crippen LogP contribution in [0.15, 0.2) is 18.3 Å². The summed E-state index contributed by atoms with van der Waals surface area (Å²) in [7, 11) is 0. The molecule has 4 N–H and O–H groups in total. The molecule has 5 heteroatoms. The van der Waals surface area contributed by atoms with E-state index in [0.29, 0.717) is 11.7 Å². The first-order chi connectivity index (χ1) is 7.88. The van der Waals surface area contributed by atoms with Crippen molar-refractivity contribution < 1.29 is 4.74 Å². The molecule has 0 atom stereocenters. The minimum atomic E-state index is 0.678. The highest BCUT2D eigenvalue weighted by Gasteiger charge is 2.13. The van der Waals surface area contributed by atoms with Gasteiger partial charge in [-0.15, -0.1) is 0 Å². The van der Waals surface area contributed by atoms with Gasteiger partial charge in [0.1, 0.15) is 5.82 Å². The zero-order valence-electron chi connectivity index (χ0n) is 9.28. The summed E-state index contributed by atoms with van der Waals surface area (Å²) >= 11 is 0. The molecule has 2 rings (SSSR count). The van der Waals surface area contributed by atoms with Crippen molar-refractivity contribution in [1.82, 2.24) is 4.98 Å². The van der Waals surface area contributed by atoms with E-state index in [0.717, 1.165) is 38.3 Å². The van der Waals surface area contributed by atoms with Gasteiger partial charge in [-0.2, -0.15) is 0 Å². The average molecular weight is 222 g/mol. The third kappa shape index (κ3) is 3.08. The molecule has 0 saturated carbocycles. The molecule has 0 radical (unpaired) electrons. The molecule has 0 aromatic carbocycles. The van der Waals surface area contributed by atoms with Crippen molar-refractivity contribution >= 4 is 11.5 Å². The van der Waals surface area contributed by atoms with E-state index < -0.39 is 0 Å². The van der Waals surface area contributed by atoms with Gasteiger partial charge < -0.3 is 15.5 Å². The Morgan fingerprint density at radius 2 is 2.25 bits per heavy atom. The Kier molecular flexibility index (Phi) is 3.96. The molecule has 1 aliphatic rings. The number of nitrogens with one attached hydrogen (secondary N) is 2. The second kappa shape index (κ2) is 5.67. The van der Waals surface area contributed by atoms with Crippen LogP contribution in [0.1, 0.15) is 12.8 Å². The van der Waals surface area contributed by atoms with E-state index >= 15 is 0 Å². The lowest BCUT2D eigenvalue weighted by Gasteiger charge is -2.22. The van der Waals surface area contributed by atoms with Gasteiger partial charge in [0.2, 0.25) is 0 Å². The highest BCUT2D eigenvalue weighted by Crippen LogP contribution is 2.17. The topological polar surface area (TPSA) is 72.2 Å². The first-order valence-electron chi connectivity index (χ1n) is 5.63. The summed E-state index contributed by atoms with van der Waals surface area (Å²) in [5, 5.41) is 3.40. The molecule has 0 spiro atoms. The quantitative estimate of drug-likeness (QED) is 0.527. The van der Waals surface area contributed by atoms with Gasteiger partial charge in [-0.3, -0.25) is 0 Å². The van der Waals surface area contributed by atoms with Crippen molar-refractivity contribution in [3.63, 3.8) is 0 Å². The van der Waals surface area contributed by atoms with Gasteiger partial charge in [0.25, 0.3) is 0 Å². The van der Waals surface area contributed by atoms with Gasteiger partial charge in [0, 0.05) is 37.7 Å². The summed E-state index contributed by atoms with van der Waals surface area (Å²) in [6, 6.07) is 3.85. The number of nitrogen functional groups attached to an aromatic ring is 1. The summed E-state index contributed by atoms with van der Waals surface area (Å²) in [5.74, 6) is 6.68. The van der Waals surface area contributed by atoms with Crippen LogP contribution in [0.4, 0.5) is 11.5 Å². The molecular formula is C11H18N4O. The lowest BCUT2D eigenvalue weighted by molar-refractivity contribution is 0.0699. The summed E-state index contributed by atoms with van der Waals surface area (Å²) in [6.07, 6.45) is 4.02. The lowest BCUT2D eigenvalue weighted by atomic mass is 10.0. The first kappa shape index (κ1) is 11.2. The number of hydrazine groups is 1. The molecule has 5 nitrogen and oxygen atoms in total. The number of pyridine rings is 1. The van der Waals surface area contributed by atoms with Gasteiger partial charge in [0.05, 0.1) is 0 Å². The van der Waals surface area contributed by atoms with Gasteiger partial charge >= 0.3 is 0 Å². The molecule has 16 heavy (non-hydrogen) atoms. The Labute approximate surface area is 95.4 Å². The average Bonchev–Trinajstić information content (AvgIpc) is 2.38. The smallest absolute Gasteiger partial charge is 0.141 e. The van der Waals surface area contributed by atoms with Crippen molar-refractivity contribution in [3.8, 4) is 0 Å². The summed E-state index contributed by atoms with van der Waals surface area (Å²) in [4.78, 5) is 4.06. The van der Waals surface area contributed by atoms with Gasteiger partial charge in [0.15, 0.2) is 0 Å². The van der Waals surface area contributed by atoms with E-state index in [1.54, 1.807) is 6.20 Å². The Morgan fingerprint density at radius 1 is 1.44 bits per heavy atom. The lowest BCUT2D eigenvalue weighted by Crippen LogP contribution is -2.22. The largest absolute Gasteiger partial charge is 0.385 e. The minimum Gasteiger partial charge on any atom is -0.385 e. The third-order valence-electron chi connectivity index (χ3n) is 2.84. The number of hydrogen-bond acceptors (Lipinski definition) is 5. The van der Waals surface area contributed by atoms with E-state index in [1.807, 2.05) is 12.1 Å². The summed E-state index contributed by atoms with van der Waals surface area (Å²) in [5.41, 5.74) is 3.58. The van der Waals surface area contributed by atoms with Crippen LogP contribution in [0.2, 0.25) is 0 Å². The molecule has 1 fully saturated rings. The van der Waals surface area contributed by atoms with E-state index in [-0.39, 0.29) is 0 Å². The van der Waals surface area contributed by atoms with Gasteiger partial charge in [-0.05, 0) is 24.8 Å².